The molecule has 5 heteroatoms. The molecule has 1 aliphatic heterocycles. The summed E-state index contributed by atoms with van der Waals surface area (Å²) < 4.78 is 5.61. The molecule has 0 fully saturated rings. The van der Waals surface area contributed by atoms with Crippen LogP contribution in [0.2, 0.25) is 0 Å². The Morgan fingerprint density at radius 3 is 2.65 bits per heavy atom. The van der Waals surface area contributed by atoms with Gasteiger partial charge in [0.2, 0.25) is 5.91 Å². The van der Waals surface area contributed by atoms with E-state index in [9.17, 15) is 9.59 Å². The number of hydrogen-bond donors (Lipinski definition) is 1. The van der Waals surface area contributed by atoms with Crippen LogP contribution in [0.5, 0.6) is 5.75 Å². The number of para-hydroxylation sites is 1. The van der Waals surface area contributed by atoms with Crippen LogP contribution in [0, 0.1) is 11.8 Å². The van der Waals surface area contributed by atoms with E-state index in [1.165, 1.54) is 0 Å². The minimum atomic E-state index is -0.947. The predicted octanol–water partition coefficient (Wildman–Crippen LogP) is 1.76. The Morgan fingerprint density at radius 1 is 1.25 bits per heavy atom. The quantitative estimate of drug-likeness (QED) is 0.914. The zero-order valence-electron chi connectivity index (χ0n) is 11.7. The molecule has 20 heavy (non-hydrogen) atoms. The van der Waals surface area contributed by atoms with Crippen molar-refractivity contribution in [3.8, 4) is 5.75 Å². The molecule has 0 radical (unpaired) electrons. The lowest BCUT2D eigenvalue weighted by Crippen LogP contribution is -2.39. The summed E-state index contributed by atoms with van der Waals surface area (Å²) in [5, 5.41) is 9.02. The van der Waals surface area contributed by atoms with Crippen molar-refractivity contribution in [1.82, 2.24) is 4.90 Å². The highest BCUT2D eigenvalue weighted by molar-refractivity contribution is 5.84. The summed E-state index contributed by atoms with van der Waals surface area (Å²) in [5.74, 6) is -1.53. The zero-order chi connectivity index (χ0) is 14.7. The van der Waals surface area contributed by atoms with Crippen molar-refractivity contribution in [3.63, 3.8) is 0 Å². The van der Waals surface area contributed by atoms with Gasteiger partial charge < -0.3 is 14.7 Å². The molecule has 2 unspecified atom stereocenters. The van der Waals surface area contributed by atoms with E-state index in [1.54, 1.807) is 18.7 Å². The molecule has 1 aliphatic rings. The molecule has 1 amide bonds. The maximum absolute atomic E-state index is 12.4. The third-order valence-electron chi connectivity index (χ3n) is 3.79. The van der Waals surface area contributed by atoms with Gasteiger partial charge >= 0.3 is 5.97 Å². The van der Waals surface area contributed by atoms with Crippen LogP contribution >= 0.6 is 0 Å². The van der Waals surface area contributed by atoms with Crippen LogP contribution in [0.3, 0.4) is 0 Å². The van der Waals surface area contributed by atoms with E-state index >= 15 is 0 Å². The Hall–Kier alpha value is -2.04. The number of benzene rings is 1. The predicted molar refractivity (Wildman–Crippen MR) is 73.3 cm³/mol. The van der Waals surface area contributed by atoms with Crippen LogP contribution in [-0.2, 0) is 16.1 Å². The molecule has 2 rings (SSSR count). The molecule has 1 aromatic carbocycles. The molecule has 1 aromatic rings. The number of hydrogen-bond acceptors (Lipinski definition) is 3. The first-order valence-corrected chi connectivity index (χ1v) is 6.73. The van der Waals surface area contributed by atoms with Gasteiger partial charge in [0.25, 0.3) is 0 Å². The largest absolute Gasteiger partial charge is 0.491 e. The summed E-state index contributed by atoms with van der Waals surface area (Å²) in [5.41, 5.74) is 0.952. The first kappa shape index (κ1) is 14.4. The second-order valence-electron chi connectivity index (χ2n) is 5.13. The Bertz CT molecular complexity index is 514. The molecule has 2 atom stereocenters. The number of rotatable bonds is 3. The zero-order valence-corrected chi connectivity index (χ0v) is 11.7. The molecule has 0 bridgehead atoms. The van der Waals surface area contributed by atoms with E-state index in [2.05, 4.69) is 0 Å². The summed E-state index contributed by atoms with van der Waals surface area (Å²) in [6, 6.07) is 7.60. The molecule has 5 nitrogen and oxygen atoms in total. The topological polar surface area (TPSA) is 66.8 Å². The highest BCUT2D eigenvalue weighted by Gasteiger charge is 2.30. The summed E-state index contributed by atoms with van der Waals surface area (Å²) in [6.45, 7) is 4.60. The van der Waals surface area contributed by atoms with Crippen LogP contribution < -0.4 is 4.74 Å². The third-order valence-corrected chi connectivity index (χ3v) is 3.79. The van der Waals surface area contributed by atoms with Gasteiger partial charge in [0.05, 0.1) is 12.5 Å². The second-order valence-corrected chi connectivity index (χ2v) is 5.13. The minimum Gasteiger partial charge on any atom is -0.491 e. The van der Waals surface area contributed by atoms with Gasteiger partial charge in [-0.25, -0.2) is 0 Å². The van der Waals surface area contributed by atoms with E-state index in [0.29, 0.717) is 19.7 Å². The SMILES string of the molecule is CC(C(=O)O)C(C)C(=O)N1CCOc2ccccc2C1. The Morgan fingerprint density at radius 2 is 1.95 bits per heavy atom. The molecule has 0 saturated carbocycles. The van der Waals surface area contributed by atoms with Crippen molar-refractivity contribution in [2.24, 2.45) is 11.8 Å². The number of amides is 1. The minimum absolute atomic E-state index is 0.139. The first-order chi connectivity index (χ1) is 9.50. The highest BCUT2D eigenvalue weighted by atomic mass is 16.5. The lowest BCUT2D eigenvalue weighted by atomic mass is 9.94. The Kier molecular flexibility index (Phi) is 4.27. The maximum Gasteiger partial charge on any atom is 0.307 e. The summed E-state index contributed by atoms with van der Waals surface area (Å²) >= 11 is 0. The van der Waals surface area contributed by atoms with Gasteiger partial charge in [-0.2, -0.15) is 0 Å². The smallest absolute Gasteiger partial charge is 0.307 e. The van der Waals surface area contributed by atoms with Crippen molar-refractivity contribution < 1.29 is 19.4 Å². The molecular formula is C15H19NO4. The number of aliphatic carboxylic acids is 1. The first-order valence-electron chi connectivity index (χ1n) is 6.73. The van der Waals surface area contributed by atoms with Gasteiger partial charge in [-0.05, 0) is 6.07 Å². The van der Waals surface area contributed by atoms with Crippen molar-refractivity contribution in [1.29, 1.82) is 0 Å². The number of carbonyl (C=O) groups excluding carboxylic acids is 1. The van der Waals surface area contributed by atoms with E-state index in [1.807, 2.05) is 24.3 Å². The number of carboxylic acids is 1. The number of fused-ring (bicyclic) bond motifs is 1. The lowest BCUT2D eigenvalue weighted by molar-refractivity contribution is -0.149. The average molecular weight is 277 g/mol. The molecule has 1 heterocycles. The van der Waals surface area contributed by atoms with Crippen LogP contribution in [0.25, 0.3) is 0 Å². The Balaban J connectivity index is 2.13. The molecule has 108 valence electrons. The normalized spacial score (nSPS) is 17.4. The van der Waals surface area contributed by atoms with E-state index in [4.69, 9.17) is 9.84 Å². The number of carboxylic acid groups (broad SMARTS) is 1. The summed E-state index contributed by atoms with van der Waals surface area (Å²) in [4.78, 5) is 25.1. The van der Waals surface area contributed by atoms with Crippen LogP contribution in [0.4, 0.5) is 0 Å². The lowest BCUT2D eigenvalue weighted by Gasteiger charge is -2.25. The highest BCUT2D eigenvalue weighted by Crippen LogP contribution is 2.24. The summed E-state index contributed by atoms with van der Waals surface area (Å²) in [7, 11) is 0. The van der Waals surface area contributed by atoms with Crippen molar-refractivity contribution in [2.75, 3.05) is 13.2 Å². The fourth-order valence-electron chi connectivity index (χ4n) is 2.23. The molecule has 1 N–H and O–H groups in total. The van der Waals surface area contributed by atoms with Gasteiger partial charge in [0.1, 0.15) is 12.4 Å². The van der Waals surface area contributed by atoms with Gasteiger partial charge in [-0.15, -0.1) is 0 Å². The molecular weight excluding hydrogens is 258 g/mol. The monoisotopic (exact) mass is 277 g/mol. The van der Waals surface area contributed by atoms with E-state index < -0.39 is 17.8 Å². The van der Waals surface area contributed by atoms with Crippen LogP contribution in [-0.4, -0.2) is 35.0 Å². The number of carbonyl (C=O) groups is 2. The van der Waals surface area contributed by atoms with E-state index in [0.717, 1.165) is 11.3 Å². The van der Waals surface area contributed by atoms with Crippen molar-refractivity contribution in [2.45, 2.75) is 20.4 Å². The van der Waals surface area contributed by atoms with Gasteiger partial charge in [0.15, 0.2) is 0 Å². The van der Waals surface area contributed by atoms with Crippen molar-refractivity contribution in [3.05, 3.63) is 29.8 Å². The standard InChI is InChI=1S/C15H19NO4/c1-10(11(2)15(18)19)14(17)16-7-8-20-13-6-4-3-5-12(13)9-16/h3-6,10-11H,7-9H2,1-2H3,(H,18,19). The van der Waals surface area contributed by atoms with Crippen LogP contribution in [0.1, 0.15) is 19.4 Å². The average Bonchev–Trinajstić information content (AvgIpc) is 2.66. The van der Waals surface area contributed by atoms with Gasteiger partial charge in [0, 0.05) is 18.0 Å². The van der Waals surface area contributed by atoms with E-state index in [-0.39, 0.29) is 5.91 Å². The van der Waals surface area contributed by atoms with Crippen molar-refractivity contribution >= 4 is 11.9 Å². The second kappa shape index (κ2) is 5.94. The van der Waals surface area contributed by atoms with Crippen LogP contribution in [0.15, 0.2) is 24.3 Å². The summed E-state index contributed by atoms with van der Waals surface area (Å²) in [6.07, 6.45) is 0. The van der Waals surface area contributed by atoms with Gasteiger partial charge in [-0.1, -0.05) is 32.0 Å². The number of ether oxygens (including phenoxy) is 1. The molecule has 0 aliphatic carbocycles. The number of nitrogens with zero attached hydrogens (tertiary/aromatic N) is 1. The Labute approximate surface area is 118 Å². The fraction of sp³-hybridized carbons (Fsp3) is 0.467. The maximum atomic E-state index is 12.4. The fourth-order valence-corrected chi connectivity index (χ4v) is 2.23. The molecule has 0 saturated heterocycles. The molecule has 0 spiro atoms. The molecule has 0 aromatic heterocycles. The third kappa shape index (κ3) is 2.92. The van der Waals surface area contributed by atoms with Gasteiger partial charge in [-0.3, -0.25) is 9.59 Å².